The van der Waals surface area contributed by atoms with Gasteiger partial charge in [-0.2, -0.15) is 5.26 Å². The van der Waals surface area contributed by atoms with Crippen molar-refractivity contribution in [3.05, 3.63) is 17.2 Å². The van der Waals surface area contributed by atoms with Crippen LogP contribution in [0, 0.1) is 11.3 Å². The minimum atomic E-state index is -0.336. The number of halogens is 1. The maximum absolute atomic E-state index is 9.32. The van der Waals surface area contributed by atoms with E-state index in [0.717, 1.165) is 26.2 Å². The van der Waals surface area contributed by atoms with Crippen molar-refractivity contribution >= 4 is 11.6 Å². The molecule has 0 aromatic carbocycles. The lowest BCUT2D eigenvalue weighted by Crippen LogP contribution is -2.45. The predicted octanol–water partition coefficient (Wildman–Crippen LogP) is 0.886. The van der Waals surface area contributed by atoms with Crippen LogP contribution < -0.4 is 0 Å². The van der Waals surface area contributed by atoms with Crippen molar-refractivity contribution in [1.82, 2.24) is 19.4 Å². The van der Waals surface area contributed by atoms with Crippen LogP contribution in [-0.4, -0.2) is 52.6 Å². The van der Waals surface area contributed by atoms with Crippen LogP contribution in [0.25, 0.3) is 0 Å². The Balaban J connectivity index is 2.17. The third-order valence-electron chi connectivity index (χ3n) is 3.18. The van der Waals surface area contributed by atoms with E-state index in [0.29, 0.717) is 10.8 Å². The molecule has 1 atom stereocenters. The molecule has 92 valence electrons. The van der Waals surface area contributed by atoms with E-state index in [1.54, 1.807) is 10.9 Å². The number of rotatable bonds is 2. The fourth-order valence-corrected chi connectivity index (χ4v) is 2.21. The summed E-state index contributed by atoms with van der Waals surface area (Å²) in [4.78, 5) is 8.62. The number of aromatic nitrogens is 2. The van der Waals surface area contributed by atoms with Gasteiger partial charge in [-0.05, 0) is 7.05 Å². The second-order valence-corrected chi connectivity index (χ2v) is 4.76. The topological polar surface area (TPSA) is 48.1 Å². The summed E-state index contributed by atoms with van der Waals surface area (Å²) in [6, 6.07) is 1.97. The standard InChI is InChI=1S/C11H16ClN5/c1-15-3-5-17(6-4-15)9(7-13)10-11(12)16(2)8-14-10/h8-9H,3-6H2,1-2H3. The zero-order chi connectivity index (χ0) is 12.4. The normalized spacial score (nSPS) is 20.1. The fourth-order valence-electron chi connectivity index (χ4n) is 2.01. The van der Waals surface area contributed by atoms with E-state index in [9.17, 15) is 5.26 Å². The van der Waals surface area contributed by atoms with Gasteiger partial charge in [0.05, 0.1) is 12.4 Å². The second-order valence-electron chi connectivity index (χ2n) is 4.40. The highest BCUT2D eigenvalue weighted by atomic mass is 35.5. The third kappa shape index (κ3) is 2.44. The van der Waals surface area contributed by atoms with Crippen molar-refractivity contribution in [2.75, 3.05) is 33.2 Å². The van der Waals surface area contributed by atoms with E-state index in [-0.39, 0.29) is 6.04 Å². The summed E-state index contributed by atoms with van der Waals surface area (Å²) in [5.41, 5.74) is 0.668. The average Bonchev–Trinajstić information content (AvgIpc) is 2.65. The number of hydrogen-bond acceptors (Lipinski definition) is 4. The Morgan fingerprint density at radius 2 is 2.00 bits per heavy atom. The van der Waals surface area contributed by atoms with E-state index in [2.05, 4.69) is 27.9 Å². The van der Waals surface area contributed by atoms with Gasteiger partial charge in [0.1, 0.15) is 16.9 Å². The first-order valence-corrected chi connectivity index (χ1v) is 6.00. The number of piperazine rings is 1. The van der Waals surface area contributed by atoms with Gasteiger partial charge in [-0.1, -0.05) is 11.6 Å². The SMILES string of the molecule is CN1CCN(C(C#N)c2ncn(C)c2Cl)CC1. The second kappa shape index (κ2) is 5.05. The van der Waals surface area contributed by atoms with E-state index >= 15 is 0 Å². The maximum Gasteiger partial charge on any atom is 0.144 e. The molecule has 0 N–H and O–H groups in total. The summed E-state index contributed by atoms with van der Waals surface area (Å²) in [6.07, 6.45) is 1.65. The van der Waals surface area contributed by atoms with Crippen LogP contribution in [-0.2, 0) is 7.05 Å². The van der Waals surface area contributed by atoms with Gasteiger partial charge in [-0.25, -0.2) is 4.98 Å². The molecule has 1 aromatic rings. The summed E-state index contributed by atoms with van der Waals surface area (Å²) in [7, 11) is 3.92. The van der Waals surface area contributed by atoms with Crippen molar-refractivity contribution in [3.63, 3.8) is 0 Å². The molecule has 1 fully saturated rings. The molecular weight excluding hydrogens is 238 g/mol. The molecule has 1 unspecified atom stereocenters. The van der Waals surface area contributed by atoms with E-state index in [1.807, 2.05) is 7.05 Å². The molecule has 1 aliphatic rings. The van der Waals surface area contributed by atoms with Gasteiger partial charge >= 0.3 is 0 Å². The largest absolute Gasteiger partial charge is 0.325 e. The highest BCUT2D eigenvalue weighted by Crippen LogP contribution is 2.26. The molecule has 0 aliphatic carbocycles. The van der Waals surface area contributed by atoms with E-state index in [1.165, 1.54) is 0 Å². The van der Waals surface area contributed by atoms with Crippen LogP contribution in [0.15, 0.2) is 6.33 Å². The number of likely N-dealkylation sites (N-methyl/N-ethyl adjacent to an activating group) is 1. The third-order valence-corrected chi connectivity index (χ3v) is 3.64. The van der Waals surface area contributed by atoms with Crippen molar-refractivity contribution < 1.29 is 0 Å². The van der Waals surface area contributed by atoms with E-state index in [4.69, 9.17) is 11.6 Å². The highest BCUT2D eigenvalue weighted by Gasteiger charge is 2.27. The molecule has 2 rings (SSSR count). The van der Waals surface area contributed by atoms with Crippen LogP contribution in [0.2, 0.25) is 5.15 Å². The molecule has 2 heterocycles. The van der Waals surface area contributed by atoms with Crippen molar-refractivity contribution in [1.29, 1.82) is 5.26 Å². The smallest absolute Gasteiger partial charge is 0.144 e. The number of hydrogen-bond donors (Lipinski definition) is 0. The lowest BCUT2D eigenvalue weighted by molar-refractivity contribution is 0.131. The summed E-state index contributed by atoms with van der Waals surface area (Å²) < 4.78 is 1.73. The number of aryl methyl sites for hydroxylation is 1. The number of nitrogens with zero attached hydrogens (tertiary/aromatic N) is 5. The summed E-state index contributed by atoms with van der Waals surface area (Å²) in [5, 5.41) is 9.87. The van der Waals surface area contributed by atoms with Crippen LogP contribution in [0.4, 0.5) is 0 Å². The summed E-state index contributed by atoms with van der Waals surface area (Å²) in [5.74, 6) is 0. The van der Waals surface area contributed by atoms with Gasteiger partial charge in [0.15, 0.2) is 0 Å². The van der Waals surface area contributed by atoms with Gasteiger partial charge in [-0.15, -0.1) is 0 Å². The molecular formula is C11H16ClN5. The zero-order valence-electron chi connectivity index (χ0n) is 10.1. The molecule has 0 bridgehead atoms. The Morgan fingerprint density at radius 1 is 1.35 bits per heavy atom. The van der Waals surface area contributed by atoms with Crippen molar-refractivity contribution in [3.8, 4) is 6.07 Å². The zero-order valence-corrected chi connectivity index (χ0v) is 10.9. The van der Waals surface area contributed by atoms with Gasteiger partial charge in [-0.3, -0.25) is 4.90 Å². The Labute approximate surface area is 106 Å². The van der Waals surface area contributed by atoms with Gasteiger partial charge in [0.25, 0.3) is 0 Å². The molecule has 6 heteroatoms. The molecule has 0 amide bonds. The molecule has 17 heavy (non-hydrogen) atoms. The minimum Gasteiger partial charge on any atom is -0.325 e. The summed E-state index contributed by atoms with van der Waals surface area (Å²) >= 11 is 6.14. The fraction of sp³-hybridized carbons (Fsp3) is 0.636. The van der Waals surface area contributed by atoms with E-state index < -0.39 is 0 Å². The molecule has 5 nitrogen and oxygen atoms in total. The van der Waals surface area contributed by atoms with Crippen LogP contribution >= 0.6 is 11.6 Å². The monoisotopic (exact) mass is 253 g/mol. The molecule has 1 aromatic heterocycles. The van der Waals surface area contributed by atoms with Gasteiger partial charge in [0.2, 0.25) is 0 Å². The molecule has 0 radical (unpaired) electrons. The molecule has 1 saturated heterocycles. The number of nitriles is 1. The Morgan fingerprint density at radius 3 is 2.47 bits per heavy atom. The lowest BCUT2D eigenvalue weighted by Gasteiger charge is -2.34. The van der Waals surface area contributed by atoms with Crippen molar-refractivity contribution in [2.45, 2.75) is 6.04 Å². The van der Waals surface area contributed by atoms with Crippen LogP contribution in [0.5, 0.6) is 0 Å². The first-order chi connectivity index (χ1) is 8.13. The minimum absolute atomic E-state index is 0.336. The Kier molecular flexibility index (Phi) is 3.67. The van der Waals surface area contributed by atoms with Gasteiger partial charge < -0.3 is 9.47 Å². The first-order valence-electron chi connectivity index (χ1n) is 5.62. The highest BCUT2D eigenvalue weighted by molar-refractivity contribution is 6.30. The average molecular weight is 254 g/mol. The quantitative estimate of drug-likeness (QED) is 0.785. The summed E-state index contributed by atoms with van der Waals surface area (Å²) in [6.45, 7) is 3.70. The molecule has 0 spiro atoms. The number of imidazole rings is 1. The molecule has 0 saturated carbocycles. The van der Waals surface area contributed by atoms with Crippen LogP contribution in [0.3, 0.4) is 0 Å². The Hall–Kier alpha value is -1.09. The van der Waals surface area contributed by atoms with Gasteiger partial charge in [0, 0.05) is 33.2 Å². The van der Waals surface area contributed by atoms with Crippen molar-refractivity contribution in [2.24, 2.45) is 7.05 Å². The first kappa shape index (κ1) is 12.4. The lowest BCUT2D eigenvalue weighted by atomic mass is 10.2. The molecule has 1 aliphatic heterocycles. The van der Waals surface area contributed by atoms with Crippen LogP contribution in [0.1, 0.15) is 11.7 Å². The Bertz CT molecular complexity index is 428. The predicted molar refractivity (Wildman–Crippen MR) is 65.6 cm³/mol. The maximum atomic E-state index is 9.32.